The number of carbonyl (C=O) groups is 1. The molecule has 0 fully saturated rings. The van der Waals surface area contributed by atoms with E-state index in [4.69, 9.17) is 4.74 Å². The van der Waals surface area contributed by atoms with Crippen molar-refractivity contribution in [1.29, 1.82) is 0 Å². The number of fused-ring (bicyclic) bond motifs is 1. The van der Waals surface area contributed by atoms with Crippen LogP contribution >= 0.6 is 0 Å². The Morgan fingerprint density at radius 1 is 1.07 bits per heavy atom. The zero-order chi connectivity index (χ0) is 21.3. The highest BCUT2D eigenvalue weighted by molar-refractivity contribution is 6.11. The van der Waals surface area contributed by atoms with Crippen LogP contribution in [0.15, 0.2) is 44.7 Å². The molecule has 0 bridgehead atoms. The van der Waals surface area contributed by atoms with Crippen molar-refractivity contribution in [2.75, 3.05) is 12.4 Å². The molecule has 1 N–H and O–H groups in total. The van der Waals surface area contributed by atoms with E-state index in [0.29, 0.717) is 11.4 Å². The highest BCUT2D eigenvalue weighted by Gasteiger charge is 2.22. The second-order valence-electron chi connectivity index (χ2n) is 6.42. The molecule has 0 radical (unpaired) electrons. The maximum absolute atomic E-state index is 13.0. The highest BCUT2D eigenvalue weighted by atomic mass is 16.5. The number of ether oxygens (including phenoxy) is 1. The van der Waals surface area contributed by atoms with Crippen LogP contribution in [0.5, 0.6) is 5.75 Å². The SMILES string of the molecule is CCn1c(=O)c2c(C(=O)Nc3cccc(OC)c3)cc(=O)n(CC)c2n(C)c1=O. The molecule has 0 aliphatic heterocycles. The Morgan fingerprint density at radius 3 is 2.38 bits per heavy atom. The third-order valence-electron chi connectivity index (χ3n) is 4.78. The molecule has 0 saturated heterocycles. The maximum Gasteiger partial charge on any atom is 0.332 e. The van der Waals surface area contributed by atoms with E-state index in [1.165, 1.54) is 23.3 Å². The molecule has 0 spiro atoms. The van der Waals surface area contributed by atoms with Crippen LogP contribution in [0, 0.1) is 0 Å². The van der Waals surface area contributed by atoms with E-state index in [0.717, 1.165) is 10.6 Å². The fourth-order valence-corrected chi connectivity index (χ4v) is 3.35. The van der Waals surface area contributed by atoms with Crippen LogP contribution in [-0.2, 0) is 20.1 Å². The van der Waals surface area contributed by atoms with Gasteiger partial charge in [-0.15, -0.1) is 0 Å². The third-order valence-corrected chi connectivity index (χ3v) is 4.78. The standard InChI is InChI=1S/C20H22N4O5/c1-5-23-15(25)11-14(17(26)21-12-8-7-9-13(10-12)29-4)16-18(23)22(3)20(28)24(6-2)19(16)27/h7-11H,5-6H2,1-4H3,(H,21,26). The lowest BCUT2D eigenvalue weighted by molar-refractivity contribution is 0.102. The summed E-state index contributed by atoms with van der Waals surface area (Å²) in [5, 5.41) is 2.71. The quantitative estimate of drug-likeness (QED) is 0.695. The van der Waals surface area contributed by atoms with E-state index in [1.54, 1.807) is 38.1 Å². The van der Waals surface area contributed by atoms with Gasteiger partial charge in [-0.25, -0.2) is 4.79 Å². The number of aryl methyl sites for hydroxylation is 2. The number of rotatable bonds is 5. The number of benzene rings is 1. The number of nitrogens with one attached hydrogen (secondary N) is 1. The van der Waals surface area contributed by atoms with Gasteiger partial charge in [-0.2, -0.15) is 0 Å². The summed E-state index contributed by atoms with van der Waals surface area (Å²) in [5.74, 6) is -0.0770. The number of hydrogen-bond acceptors (Lipinski definition) is 5. The molecule has 9 heteroatoms. The molecule has 1 amide bonds. The van der Waals surface area contributed by atoms with Gasteiger partial charge in [-0.3, -0.25) is 28.1 Å². The Bertz CT molecular complexity index is 1280. The number of pyridine rings is 1. The lowest BCUT2D eigenvalue weighted by Gasteiger charge is -2.16. The van der Waals surface area contributed by atoms with E-state index in [9.17, 15) is 19.2 Å². The van der Waals surface area contributed by atoms with E-state index in [2.05, 4.69) is 5.32 Å². The van der Waals surface area contributed by atoms with Crippen molar-refractivity contribution in [3.63, 3.8) is 0 Å². The number of nitrogens with zero attached hydrogens (tertiary/aromatic N) is 3. The molecule has 3 rings (SSSR count). The largest absolute Gasteiger partial charge is 0.497 e. The van der Waals surface area contributed by atoms with Gasteiger partial charge in [-0.1, -0.05) is 6.07 Å². The monoisotopic (exact) mass is 398 g/mol. The number of anilines is 1. The van der Waals surface area contributed by atoms with E-state index in [-0.39, 0.29) is 29.7 Å². The zero-order valence-electron chi connectivity index (χ0n) is 16.7. The first kappa shape index (κ1) is 20.1. The molecular weight excluding hydrogens is 376 g/mol. The van der Waals surface area contributed by atoms with Gasteiger partial charge < -0.3 is 10.1 Å². The van der Waals surface area contributed by atoms with Crippen molar-refractivity contribution in [1.82, 2.24) is 13.7 Å². The fraction of sp³-hybridized carbons (Fsp3) is 0.300. The molecule has 3 aromatic rings. The third kappa shape index (κ3) is 3.35. The molecule has 0 aliphatic carbocycles. The normalized spacial score (nSPS) is 10.9. The summed E-state index contributed by atoms with van der Waals surface area (Å²) < 4.78 is 8.72. The molecule has 0 saturated carbocycles. The fourth-order valence-electron chi connectivity index (χ4n) is 3.35. The average molecular weight is 398 g/mol. The van der Waals surface area contributed by atoms with Gasteiger partial charge in [0.2, 0.25) is 0 Å². The minimum atomic E-state index is -0.623. The lowest BCUT2D eigenvalue weighted by Crippen LogP contribution is -2.42. The Hall–Kier alpha value is -3.62. The summed E-state index contributed by atoms with van der Waals surface area (Å²) in [7, 11) is 2.98. The number of amides is 1. The molecule has 152 valence electrons. The predicted octanol–water partition coefficient (Wildman–Crippen LogP) is 1.16. The van der Waals surface area contributed by atoms with Crippen LogP contribution in [0.25, 0.3) is 11.0 Å². The number of aromatic nitrogens is 3. The van der Waals surface area contributed by atoms with Crippen molar-refractivity contribution < 1.29 is 9.53 Å². The molecule has 0 unspecified atom stereocenters. The first-order valence-corrected chi connectivity index (χ1v) is 9.16. The van der Waals surface area contributed by atoms with Gasteiger partial charge in [0.1, 0.15) is 11.4 Å². The van der Waals surface area contributed by atoms with Gasteiger partial charge >= 0.3 is 5.69 Å². The summed E-state index contributed by atoms with van der Waals surface area (Å²) in [6.45, 7) is 3.78. The van der Waals surface area contributed by atoms with Crippen LogP contribution < -0.4 is 26.9 Å². The maximum atomic E-state index is 13.0. The van der Waals surface area contributed by atoms with Crippen molar-refractivity contribution in [2.45, 2.75) is 26.9 Å². The minimum Gasteiger partial charge on any atom is -0.497 e. The molecular formula is C20H22N4O5. The van der Waals surface area contributed by atoms with Crippen molar-refractivity contribution >= 4 is 22.6 Å². The second-order valence-corrected chi connectivity index (χ2v) is 6.42. The summed E-state index contributed by atoms with van der Waals surface area (Å²) >= 11 is 0. The van der Waals surface area contributed by atoms with Crippen molar-refractivity contribution in [2.24, 2.45) is 7.05 Å². The number of hydrogen-bond donors (Lipinski definition) is 1. The predicted molar refractivity (Wildman–Crippen MR) is 110 cm³/mol. The summed E-state index contributed by atoms with van der Waals surface area (Å²) in [4.78, 5) is 51.2. The van der Waals surface area contributed by atoms with Gasteiger partial charge in [-0.05, 0) is 26.0 Å². The minimum absolute atomic E-state index is 0.0239. The molecule has 9 nitrogen and oxygen atoms in total. The van der Waals surface area contributed by atoms with Gasteiger partial charge in [0.05, 0.1) is 18.1 Å². The topological polar surface area (TPSA) is 104 Å². The van der Waals surface area contributed by atoms with E-state index >= 15 is 0 Å². The second kappa shape index (κ2) is 7.78. The van der Waals surface area contributed by atoms with E-state index < -0.39 is 22.7 Å². The number of carbonyl (C=O) groups excluding carboxylic acids is 1. The summed E-state index contributed by atoms with van der Waals surface area (Å²) in [5.41, 5.74) is -1.14. The first-order valence-electron chi connectivity index (χ1n) is 9.16. The van der Waals surface area contributed by atoms with Gasteiger partial charge in [0, 0.05) is 38.0 Å². The average Bonchev–Trinajstić information content (AvgIpc) is 2.71. The Morgan fingerprint density at radius 2 is 1.76 bits per heavy atom. The van der Waals surface area contributed by atoms with Crippen LogP contribution in [0.2, 0.25) is 0 Å². The molecule has 1 aromatic carbocycles. The van der Waals surface area contributed by atoms with Crippen LogP contribution in [0.3, 0.4) is 0 Å². The molecule has 2 aromatic heterocycles. The van der Waals surface area contributed by atoms with Crippen LogP contribution in [-0.4, -0.2) is 26.7 Å². The zero-order valence-corrected chi connectivity index (χ0v) is 16.7. The molecule has 29 heavy (non-hydrogen) atoms. The van der Waals surface area contributed by atoms with Crippen LogP contribution in [0.4, 0.5) is 5.69 Å². The Labute approximate surface area is 165 Å². The Balaban J connectivity index is 2.31. The molecule has 2 heterocycles. The summed E-state index contributed by atoms with van der Waals surface area (Å²) in [6.07, 6.45) is 0. The first-order chi connectivity index (χ1) is 13.8. The Kier molecular flexibility index (Phi) is 5.40. The van der Waals surface area contributed by atoms with Gasteiger partial charge in [0.15, 0.2) is 0 Å². The van der Waals surface area contributed by atoms with Crippen molar-refractivity contribution in [3.05, 3.63) is 67.1 Å². The number of methoxy groups -OCH3 is 1. The molecule has 0 atom stereocenters. The van der Waals surface area contributed by atoms with Crippen LogP contribution in [0.1, 0.15) is 24.2 Å². The molecule has 0 aliphatic rings. The smallest absolute Gasteiger partial charge is 0.332 e. The summed E-state index contributed by atoms with van der Waals surface area (Å²) in [6, 6.07) is 7.84. The van der Waals surface area contributed by atoms with E-state index in [1.807, 2.05) is 0 Å². The lowest BCUT2D eigenvalue weighted by atomic mass is 10.1. The highest BCUT2D eigenvalue weighted by Crippen LogP contribution is 2.19. The van der Waals surface area contributed by atoms with Crippen molar-refractivity contribution in [3.8, 4) is 5.75 Å². The van der Waals surface area contributed by atoms with Gasteiger partial charge in [0.25, 0.3) is 17.0 Å².